The molecule has 30 nitrogen and oxygen atoms in total. The van der Waals surface area contributed by atoms with Crippen molar-refractivity contribution in [2.45, 2.75) is 89.9 Å². The van der Waals surface area contributed by atoms with Crippen LogP contribution < -0.4 is 46.5 Å². The normalized spacial score (nSPS) is 16.7. The zero-order valence-electron chi connectivity index (χ0n) is 61.0. The van der Waals surface area contributed by atoms with E-state index in [9.17, 15) is 38.4 Å². The van der Waals surface area contributed by atoms with Crippen molar-refractivity contribution in [1.29, 1.82) is 0 Å². The van der Waals surface area contributed by atoms with Crippen LogP contribution in [-0.2, 0) is 52.5 Å². The Kier molecular flexibility index (Phi) is 28.8. The molecule has 0 aliphatic carbocycles. The predicted molar refractivity (Wildman–Crippen MR) is 397 cm³/mol. The van der Waals surface area contributed by atoms with Gasteiger partial charge in [-0.25, -0.2) is 14.8 Å². The maximum Gasteiger partial charge on any atom is 0.312 e. The number of amides is 8. The molecule has 4 aromatic carbocycles. The molecule has 10 rings (SSSR count). The lowest BCUT2D eigenvalue weighted by molar-refractivity contribution is -0.145. The zero-order chi connectivity index (χ0) is 75.1. The molecule has 3 fully saturated rings. The van der Waals surface area contributed by atoms with Crippen LogP contribution in [0.1, 0.15) is 82.0 Å². The molecule has 106 heavy (non-hydrogen) atoms. The molecule has 30 heteroatoms. The van der Waals surface area contributed by atoms with E-state index in [4.69, 9.17) is 59.3 Å². The molecule has 1 unspecified atom stereocenters. The summed E-state index contributed by atoms with van der Waals surface area (Å²) < 4.78 is 46.5. The lowest BCUT2D eigenvalue weighted by atomic mass is 9.89. The van der Waals surface area contributed by atoms with Gasteiger partial charge in [0.2, 0.25) is 17.7 Å². The number of ketones is 1. The Hall–Kier alpha value is -9.98. The fraction of sp³-hybridized carbons (Fsp3) is 0.500. The number of nitrogens with one attached hydrogen (secondary N) is 5. The van der Waals surface area contributed by atoms with Gasteiger partial charge in [0, 0.05) is 125 Å². The number of hydrogen-bond donors (Lipinski definition) is 7. The van der Waals surface area contributed by atoms with Crippen LogP contribution in [0, 0.1) is 11.8 Å². The Morgan fingerprint density at radius 2 is 1.32 bits per heavy atom. The molecule has 4 aliphatic heterocycles. The third kappa shape index (κ3) is 21.8. The van der Waals surface area contributed by atoms with Gasteiger partial charge in [-0.1, -0.05) is 26.0 Å². The highest BCUT2D eigenvalue weighted by molar-refractivity contribution is 6.13. The molecule has 3 saturated heterocycles. The number of nitrogens with two attached hydrogens (primary N) is 2. The number of aromatic amines is 2. The number of Topliss-reactive ketones (excluding diaryl/α,β-unsaturated/α-hetero) is 1. The zero-order valence-corrected chi connectivity index (χ0v) is 61.0. The summed E-state index contributed by atoms with van der Waals surface area (Å²) in [6, 6.07) is 21.3. The van der Waals surface area contributed by atoms with Gasteiger partial charge in [0.1, 0.15) is 17.4 Å². The predicted octanol–water partition coefficient (Wildman–Crippen LogP) is 5.75. The number of ether oxygens (including phenoxy) is 8. The molecule has 2 aromatic heterocycles. The minimum Gasteiger partial charge on any atom is -0.494 e. The number of aromatic nitrogens is 4. The van der Waals surface area contributed by atoms with Crippen LogP contribution in [0.3, 0.4) is 0 Å². The van der Waals surface area contributed by atoms with Crippen molar-refractivity contribution in [2.75, 3.05) is 156 Å². The number of rotatable bonds is 42. The van der Waals surface area contributed by atoms with Crippen LogP contribution in [0.5, 0.6) is 17.2 Å². The summed E-state index contributed by atoms with van der Waals surface area (Å²) in [5.41, 5.74) is 19.9. The average Bonchev–Trinajstić information content (AvgIpc) is 1.59. The molecule has 4 aliphatic rings. The van der Waals surface area contributed by atoms with E-state index in [2.05, 4.69) is 73.6 Å². The van der Waals surface area contributed by atoms with Crippen molar-refractivity contribution >= 4 is 80.7 Å². The summed E-state index contributed by atoms with van der Waals surface area (Å²) in [6.07, 6.45) is 4.31. The van der Waals surface area contributed by atoms with Crippen LogP contribution >= 0.6 is 0 Å². The third-order valence-electron chi connectivity index (χ3n) is 19.0. The molecule has 6 aromatic rings. The second-order valence-electron chi connectivity index (χ2n) is 27.1. The van der Waals surface area contributed by atoms with Crippen molar-refractivity contribution in [3.63, 3.8) is 0 Å². The second kappa shape index (κ2) is 38.9. The van der Waals surface area contributed by atoms with Crippen molar-refractivity contribution in [3.05, 3.63) is 103 Å². The van der Waals surface area contributed by atoms with Gasteiger partial charge in [-0.05, 0) is 118 Å². The molecule has 0 bridgehead atoms. The number of nitrogen functional groups attached to an aromatic ring is 1. The van der Waals surface area contributed by atoms with Crippen molar-refractivity contribution in [2.24, 2.45) is 17.6 Å². The number of urea groups is 1. The van der Waals surface area contributed by atoms with Crippen molar-refractivity contribution in [3.8, 4) is 40.0 Å². The number of carbonyl (C=O) groups is 8. The Balaban J connectivity index is 0.630. The average molecular weight is 1470 g/mol. The van der Waals surface area contributed by atoms with E-state index in [0.717, 1.165) is 100 Å². The molecule has 4 atom stereocenters. The van der Waals surface area contributed by atoms with Crippen molar-refractivity contribution < 1.29 is 76.3 Å². The lowest BCUT2D eigenvalue weighted by Crippen LogP contribution is -2.52. The fourth-order valence-electron chi connectivity index (χ4n) is 13.2. The molecular formula is C76H100N14O16. The van der Waals surface area contributed by atoms with E-state index >= 15 is 0 Å². The third-order valence-corrected chi connectivity index (χ3v) is 19.0. The fourth-order valence-corrected chi connectivity index (χ4v) is 13.2. The molecule has 0 saturated carbocycles. The monoisotopic (exact) mass is 1460 g/mol. The number of unbranched alkanes of at least 4 members (excludes halogenated alkanes) is 2. The van der Waals surface area contributed by atoms with E-state index < -0.39 is 53.9 Å². The summed E-state index contributed by atoms with van der Waals surface area (Å²) in [4.78, 5) is 130. The maximum atomic E-state index is 14.8. The van der Waals surface area contributed by atoms with Gasteiger partial charge < -0.3 is 94.9 Å². The summed E-state index contributed by atoms with van der Waals surface area (Å²) in [5, 5.41) is 8.07. The van der Waals surface area contributed by atoms with E-state index in [1.54, 1.807) is 35.8 Å². The standard InChI is InChI=1S/C76H100N14O16/c1-49(2)70(85-67(93)22-33-100-36-38-102-40-41-103-39-37-101-34-24-79-66(92)21-25-88-68(94)19-20-69(88)95)63(91)44-53(10-9-23-80-76(78)98)73(96)89-30-35-106-75(89)62-42-50(3)48-90(62)74(97)56-46-64(99-5)65(47-57(56)77)105-32-8-6-7-31-104-55-15-11-51(12-16-55)71-81-58-17-13-52(43-60(58)83-71)72-82-59-18-14-54(45-61(59)84-72)87-28-26-86(4)27-29-87/h11-20,43,45-47,49,53,62,70,75H,3,6-10,21-42,44,48,77H2,1-2,4-5H3,(H,79,92)(H,81,83)(H,82,84)(H,85,93)(H3,78,80,98)/t53-,62+,70+,75?/m1/s1. The highest BCUT2D eigenvalue weighted by atomic mass is 16.6. The molecule has 570 valence electrons. The Bertz CT molecular complexity index is 4040. The first-order valence-corrected chi connectivity index (χ1v) is 36.4. The van der Waals surface area contributed by atoms with Crippen LogP contribution in [0.15, 0.2) is 97.1 Å². The van der Waals surface area contributed by atoms with Gasteiger partial charge in [-0.2, -0.15) is 0 Å². The van der Waals surface area contributed by atoms with Crippen LogP contribution in [-0.4, -0.2) is 251 Å². The summed E-state index contributed by atoms with van der Waals surface area (Å²) in [5.74, 6) is -0.967. The number of likely N-dealkylation sites (tertiary alicyclic amines) is 1. The second-order valence-corrected chi connectivity index (χ2v) is 27.1. The summed E-state index contributed by atoms with van der Waals surface area (Å²) >= 11 is 0. The quantitative estimate of drug-likeness (QED) is 0.0104. The lowest BCUT2D eigenvalue weighted by Gasteiger charge is -2.35. The van der Waals surface area contributed by atoms with Gasteiger partial charge in [-0.3, -0.25) is 38.5 Å². The van der Waals surface area contributed by atoms with E-state index in [1.165, 1.54) is 24.9 Å². The highest BCUT2D eigenvalue weighted by Gasteiger charge is 2.46. The highest BCUT2D eigenvalue weighted by Crippen LogP contribution is 2.38. The van der Waals surface area contributed by atoms with Crippen LogP contribution in [0.4, 0.5) is 16.2 Å². The minimum atomic E-state index is -0.929. The Morgan fingerprint density at radius 1 is 0.679 bits per heavy atom. The molecule has 0 spiro atoms. The number of imidazole rings is 2. The number of benzene rings is 4. The number of methoxy groups -OCH3 is 1. The maximum absolute atomic E-state index is 14.8. The first-order valence-electron chi connectivity index (χ1n) is 36.4. The molecular weight excluding hydrogens is 1360 g/mol. The first-order chi connectivity index (χ1) is 51.3. The van der Waals surface area contributed by atoms with E-state index in [1.807, 2.05) is 36.4 Å². The summed E-state index contributed by atoms with van der Waals surface area (Å²) in [7, 11) is 3.65. The first kappa shape index (κ1) is 78.6. The number of hydrogen-bond acceptors (Lipinski definition) is 21. The number of anilines is 2. The topological polar surface area (TPSA) is 372 Å². The Morgan fingerprint density at radius 3 is 2.00 bits per heavy atom. The molecule has 9 N–H and O–H groups in total. The van der Waals surface area contributed by atoms with E-state index in [0.29, 0.717) is 70.4 Å². The number of likely N-dealkylation sites (N-methyl/N-ethyl adjacent to an activating group) is 1. The molecule has 0 radical (unpaired) electrons. The van der Waals surface area contributed by atoms with Crippen molar-refractivity contribution in [1.82, 2.24) is 55.5 Å². The number of piperazine rings is 1. The molecule has 6 heterocycles. The Labute approximate surface area is 616 Å². The van der Waals surface area contributed by atoms with Crippen LogP contribution in [0.25, 0.3) is 44.8 Å². The molecule has 8 amide bonds. The van der Waals surface area contributed by atoms with Gasteiger partial charge in [0.15, 0.2) is 23.5 Å². The number of primary amides is 1. The van der Waals surface area contributed by atoms with Gasteiger partial charge >= 0.3 is 6.03 Å². The van der Waals surface area contributed by atoms with Gasteiger partial charge in [-0.15, -0.1) is 0 Å². The number of imide groups is 1. The van der Waals surface area contributed by atoms with Gasteiger partial charge in [0.25, 0.3) is 17.7 Å². The minimum absolute atomic E-state index is 0.00157. The van der Waals surface area contributed by atoms with E-state index in [-0.39, 0.29) is 126 Å². The number of nitrogens with zero attached hydrogens (tertiary/aromatic N) is 7. The smallest absolute Gasteiger partial charge is 0.312 e. The van der Waals surface area contributed by atoms with Gasteiger partial charge in [0.05, 0.1) is 119 Å². The number of H-pyrrole nitrogens is 2. The summed E-state index contributed by atoms with van der Waals surface area (Å²) in [6.45, 7) is 15.7. The largest absolute Gasteiger partial charge is 0.494 e. The number of fused-ring (bicyclic) bond motifs is 2. The number of carbonyl (C=O) groups excluding carboxylic acids is 8. The van der Waals surface area contributed by atoms with Crippen LogP contribution in [0.2, 0.25) is 0 Å². The SMILES string of the molecule is C=C1C[C@@H](C2OCCN2C(=O)[C@H](CCCNC(N)=O)CC(=O)[C@@H](NC(=O)CCOCCOCCOCCOCCNC(=O)CCN2C(=O)C=CC2=O)C(C)C)N(C(=O)c2cc(OC)c(OCCCCCOc3ccc(-c4nc5ccc(-c6nc7ccc(N8CCN(C)CC8)cc7[nH]6)cc5[nH]4)cc3)cc2N)C1.